The second-order valence-corrected chi connectivity index (χ2v) is 7.23. The number of hydrogen-bond donors (Lipinski definition) is 1. The molecule has 138 valence electrons. The molecular weight excluding hydrogens is 393 g/mol. The number of hydrogen-bond acceptors (Lipinski definition) is 4. The van der Waals surface area contributed by atoms with Crippen molar-refractivity contribution < 1.29 is 23.5 Å². The van der Waals surface area contributed by atoms with Crippen LogP contribution >= 0.6 is 15.9 Å². The summed E-state index contributed by atoms with van der Waals surface area (Å²) >= 11 is 3.15. The molecule has 5 nitrogen and oxygen atoms in total. The predicted molar refractivity (Wildman–Crippen MR) is 94.7 cm³/mol. The Morgan fingerprint density at radius 2 is 2.08 bits per heavy atom. The van der Waals surface area contributed by atoms with E-state index in [4.69, 9.17) is 9.47 Å². The first-order valence-electron chi connectivity index (χ1n) is 8.44. The van der Waals surface area contributed by atoms with Crippen molar-refractivity contribution in [1.29, 1.82) is 0 Å². The molecule has 1 saturated carbocycles. The fraction of sp³-hybridized carbons (Fsp3) is 0.556. The number of rotatable bonds is 6. The van der Waals surface area contributed by atoms with Gasteiger partial charge < -0.3 is 14.8 Å². The normalized spacial score (nSPS) is 21.3. The maximum Gasteiger partial charge on any atom is 0.344 e. The summed E-state index contributed by atoms with van der Waals surface area (Å²) in [4.78, 5) is 24.0. The van der Waals surface area contributed by atoms with Gasteiger partial charge in [-0.05, 0) is 59.8 Å². The number of carbonyl (C=O) groups excluding carboxylic acids is 2. The monoisotopic (exact) mass is 415 g/mol. The molecule has 0 unspecified atom stereocenters. The number of esters is 1. The molecule has 1 fully saturated rings. The summed E-state index contributed by atoms with van der Waals surface area (Å²) in [7, 11) is 0. The van der Waals surface area contributed by atoms with Crippen molar-refractivity contribution in [3.05, 3.63) is 28.5 Å². The van der Waals surface area contributed by atoms with E-state index < -0.39 is 17.9 Å². The van der Waals surface area contributed by atoms with E-state index in [1.165, 1.54) is 31.5 Å². The first kappa shape index (κ1) is 19.7. The molecule has 7 heteroatoms. The topological polar surface area (TPSA) is 64.6 Å². The van der Waals surface area contributed by atoms with Gasteiger partial charge in [-0.2, -0.15) is 0 Å². The first-order valence-corrected chi connectivity index (χ1v) is 9.24. The first-order chi connectivity index (χ1) is 11.9. The lowest BCUT2D eigenvalue weighted by Crippen LogP contribution is -2.46. The molecule has 0 aromatic heterocycles. The Morgan fingerprint density at radius 3 is 2.76 bits per heavy atom. The quantitative estimate of drug-likeness (QED) is 0.720. The van der Waals surface area contributed by atoms with Crippen LogP contribution in [0.2, 0.25) is 0 Å². The molecule has 0 radical (unpaired) electrons. The van der Waals surface area contributed by atoms with Crippen molar-refractivity contribution in [3.8, 4) is 5.75 Å². The lowest BCUT2D eigenvalue weighted by atomic mass is 9.86. The highest BCUT2D eigenvalue weighted by Crippen LogP contribution is 2.25. The number of benzene rings is 1. The third-order valence-corrected chi connectivity index (χ3v) is 4.98. The maximum atomic E-state index is 13.0. The fourth-order valence-corrected chi connectivity index (χ4v) is 3.31. The van der Waals surface area contributed by atoms with Crippen LogP contribution in [0.5, 0.6) is 5.75 Å². The van der Waals surface area contributed by atoms with Gasteiger partial charge in [0.05, 0.1) is 4.47 Å². The van der Waals surface area contributed by atoms with Gasteiger partial charge in [-0.25, -0.2) is 9.18 Å². The van der Waals surface area contributed by atoms with E-state index in [0.717, 1.165) is 19.3 Å². The highest BCUT2D eigenvalue weighted by atomic mass is 79.9. The Morgan fingerprint density at radius 1 is 1.36 bits per heavy atom. The van der Waals surface area contributed by atoms with Crippen LogP contribution in [0.1, 0.15) is 39.5 Å². The van der Waals surface area contributed by atoms with E-state index in [2.05, 4.69) is 28.2 Å². The van der Waals surface area contributed by atoms with Gasteiger partial charge in [-0.3, -0.25) is 4.79 Å². The molecule has 1 aromatic carbocycles. The van der Waals surface area contributed by atoms with Crippen LogP contribution in [-0.2, 0) is 14.3 Å². The Labute approximate surface area is 155 Å². The number of halogens is 2. The van der Waals surface area contributed by atoms with Crippen LogP contribution in [0.25, 0.3) is 0 Å². The molecule has 1 aromatic rings. The SMILES string of the molecule is C[C@@H]1CCCC[C@H]1NC(=O)[C@@H](C)OC(=O)COc1ccc(F)cc1Br. The maximum absolute atomic E-state index is 13.0. The zero-order valence-corrected chi connectivity index (χ0v) is 16.0. The third-order valence-electron chi connectivity index (χ3n) is 4.36. The Hall–Kier alpha value is -1.63. The molecule has 2 rings (SSSR count). The minimum atomic E-state index is -0.887. The van der Waals surface area contributed by atoms with Crippen LogP contribution in [0.15, 0.2) is 22.7 Å². The molecule has 25 heavy (non-hydrogen) atoms. The molecule has 1 aliphatic rings. The second-order valence-electron chi connectivity index (χ2n) is 6.37. The van der Waals surface area contributed by atoms with Gasteiger partial charge in [0, 0.05) is 6.04 Å². The van der Waals surface area contributed by atoms with Gasteiger partial charge in [0.25, 0.3) is 5.91 Å². The van der Waals surface area contributed by atoms with Gasteiger partial charge in [-0.1, -0.05) is 19.8 Å². The van der Waals surface area contributed by atoms with Gasteiger partial charge in [0.1, 0.15) is 11.6 Å². The Balaban J connectivity index is 1.77. The van der Waals surface area contributed by atoms with Crippen LogP contribution in [0.4, 0.5) is 4.39 Å². The zero-order valence-electron chi connectivity index (χ0n) is 14.4. The molecule has 0 saturated heterocycles. The van der Waals surface area contributed by atoms with Gasteiger partial charge in [-0.15, -0.1) is 0 Å². The van der Waals surface area contributed by atoms with Crippen LogP contribution < -0.4 is 10.1 Å². The third kappa shape index (κ3) is 5.99. The Kier molecular flexibility index (Phi) is 7.23. The summed E-state index contributed by atoms with van der Waals surface area (Å²) in [6.45, 7) is 3.30. The fourth-order valence-electron chi connectivity index (χ4n) is 2.84. The zero-order chi connectivity index (χ0) is 18.4. The molecule has 1 amide bonds. The predicted octanol–water partition coefficient (Wildman–Crippen LogP) is 3.59. The lowest BCUT2D eigenvalue weighted by Gasteiger charge is -2.30. The molecular formula is C18H23BrFNO4. The molecule has 3 atom stereocenters. The minimum absolute atomic E-state index is 0.133. The summed E-state index contributed by atoms with van der Waals surface area (Å²) < 4.78 is 23.8. The number of amides is 1. The average Bonchev–Trinajstić information content (AvgIpc) is 2.56. The highest BCUT2D eigenvalue weighted by molar-refractivity contribution is 9.10. The van der Waals surface area contributed by atoms with Crippen molar-refractivity contribution in [2.45, 2.75) is 51.7 Å². The van der Waals surface area contributed by atoms with Crippen molar-refractivity contribution in [3.63, 3.8) is 0 Å². The highest BCUT2D eigenvalue weighted by Gasteiger charge is 2.26. The van der Waals surface area contributed by atoms with Crippen molar-refractivity contribution in [1.82, 2.24) is 5.32 Å². The minimum Gasteiger partial charge on any atom is -0.481 e. The van der Waals surface area contributed by atoms with Gasteiger partial charge in [0.2, 0.25) is 0 Å². The summed E-state index contributed by atoms with van der Waals surface area (Å²) in [6, 6.07) is 4.01. The average molecular weight is 416 g/mol. The molecule has 0 aliphatic heterocycles. The smallest absolute Gasteiger partial charge is 0.344 e. The van der Waals surface area contributed by atoms with E-state index in [-0.39, 0.29) is 18.6 Å². The second kappa shape index (κ2) is 9.17. The summed E-state index contributed by atoms with van der Waals surface area (Å²) in [5.74, 6) is -0.610. The lowest BCUT2D eigenvalue weighted by molar-refractivity contribution is -0.157. The number of carbonyl (C=O) groups is 2. The van der Waals surface area contributed by atoms with Crippen LogP contribution in [0, 0.1) is 11.7 Å². The standard InChI is InChI=1S/C18H23BrFNO4/c1-11-5-3-4-6-15(11)21-18(23)12(2)25-17(22)10-24-16-8-7-13(20)9-14(16)19/h7-9,11-12,15H,3-6,10H2,1-2H3,(H,21,23)/t11-,12-,15-/m1/s1. The van der Waals surface area contributed by atoms with Crippen molar-refractivity contribution in [2.75, 3.05) is 6.61 Å². The van der Waals surface area contributed by atoms with E-state index >= 15 is 0 Å². The van der Waals surface area contributed by atoms with Crippen molar-refractivity contribution >= 4 is 27.8 Å². The summed E-state index contributed by atoms with van der Waals surface area (Å²) in [5, 5.41) is 2.96. The summed E-state index contributed by atoms with van der Waals surface area (Å²) in [5.41, 5.74) is 0. The van der Waals surface area contributed by atoms with Crippen LogP contribution in [0.3, 0.4) is 0 Å². The van der Waals surface area contributed by atoms with Crippen molar-refractivity contribution in [2.24, 2.45) is 5.92 Å². The molecule has 1 aliphatic carbocycles. The summed E-state index contributed by atoms with van der Waals surface area (Å²) in [6.07, 6.45) is 3.45. The van der Waals surface area contributed by atoms with Crippen LogP contribution in [-0.4, -0.2) is 30.6 Å². The van der Waals surface area contributed by atoms with E-state index in [1.54, 1.807) is 0 Å². The number of ether oxygens (including phenoxy) is 2. The molecule has 1 N–H and O–H groups in total. The molecule has 0 heterocycles. The molecule has 0 bridgehead atoms. The largest absolute Gasteiger partial charge is 0.481 e. The van der Waals surface area contributed by atoms with Gasteiger partial charge in [0.15, 0.2) is 12.7 Å². The molecule has 0 spiro atoms. The van der Waals surface area contributed by atoms with E-state index in [1.807, 2.05) is 0 Å². The number of nitrogens with one attached hydrogen (secondary N) is 1. The van der Waals surface area contributed by atoms with Gasteiger partial charge >= 0.3 is 5.97 Å². The van der Waals surface area contributed by atoms with E-state index in [9.17, 15) is 14.0 Å². The van der Waals surface area contributed by atoms with E-state index in [0.29, 0.717) is 16.1 Å². The Bertz CT molecular complexity index is 625.